The third-order valence-corrected chi connectivity index (χ3v) is 11.2. The highest BCUT2D eigenvalue weighted by molar-refractivity contribution is 5.95. The summed E-state index contributed by atoms with van der Waals surface area (Å²) in [6, 6.07) is 81.2. The molecule has 0 bridgehead atoms. The summed E-state index contributed by atoms with van der Waals surface area (Å²) in [4.78, 5) is 0. The first-order chi connectivity index (χ1) is 28.9. The normalized spacial score (nSPS) is 11.3. The summed E-state index contributed by atoms with van der Waals surface area (Å²) >= 11 is 0. The second-order valence-corrected chi connectivity index (χ2v) is 16.3. The predicted octanol–water partition coefficient (Wildman–Crippen LogP) is 16.4. The molecular weight excluding hydrogens is 711 g/mol. The van der Waals surface area contributed by atoms with E-state index in [4.69, 9.17) is 0 Å². The van der Waals surface area contributed by atoms with E-state index in [0.29, 0.717) is 0 Å². The van der Waals surface area contributed by atoms with Crippen LogP contribution in [0.4, 0.5) is 11.4 Å². The van der Waals surface area contributed by atoms with E-state index < -0.39 is 0 Å². The summed E-state index contributed by atoms with van der Waals surface area (Å²) in [6.45, 7) is 6.91. The first-order valence-electron chi connectivity index (χ1n) is 20.5. The number of rotatable bonds is 9. The lowest BCUT2D eigenvalue weighted by atomic mass is 9.81. The average molecular weight is 758 g/mol. The van der Waals surface area contributed by atoms with Gasteiger partial charge in [0.2, 0.25) is 0 Å². The Morgan fingerprint density at radius 1 is 0.271 bits per heavy atom. The molecule has 0 aliphatic rings. The summed E-state index contributed by atoms with van der Waals surface area (Å²) < 4.78 is 0. The summed E-state index contributed by atoms with van der Waals surface area (Å²) in [5.74, 6) is 0. The quantitative estimate of drug-likeness (QED) is 0.155. The van der Waals surface area contributed by atoms with Crippen molar-refractivity contribution in [2.45, 2.75) is 26.2 Å². The molecule has 0 spiro atoms. The van der Waals surface area contributed by atoms with Crippen molar-refractivity contribution in [3.63, 3.8) is 0 Å². The van der Waals surface area contributed by atoms with Crippen LogP contribution in [0.3, 0.4) is 0 Å². The first-order valence-corrected chi connectivity index (χ1v) is 20.5. The van der Waals surface area contributed by atoms with Crippen molar-refractivity contribution in [3.05, 3.63) is 230 Å². The molecule has 1 nitrogen and oxygen atoms in total. The molecule has 1 heteroatoms. The van der Waals surface area contributed by atoms with Crippen LogP contribution in [0.15, 0.2) is 224 Å². The van der Waals surface area contributed by atoms with Crippen LogP contribution in [-0.2, 0) is 5.41 Å². The Balaban J connectivity index is 1.18. The molecule has 0 amide bonds. The maximum absolute atomic E-state index is 3.99. The Morgan fingerprint density at radius 3 is 0.949 bits per heavy atom. The van der Waals surface area contributed by atoms with Gasteiger partial charge >= 0.3 is 0 Å². The number of nitrogens with one attached hydrogen (secondary N) is 1. The Labute approximate surface area is 349 Å². The molecule has 59 heavy (non-hydrogen) atoms. The zero-order valence-corrected chi connectivity index (χ0v) is 33.9. The number of hydrogen-bond acceptors (Lipinski definition) is 1. The summed E-state index contributed by atoms with van der Waals surface area (Å²) in [5.41, 5.74) is 19.9. The SMILES string of the molecule is CC(C)(C)c1cc(-c2cccc(-c3ccccc3)c2)c(Nc2ccc(-c3cc(-c4ccccc4)cc(-c4ccccc4)c3)cc2)c(-c2cccc(-c3ccccc3)c2)c1. The minimum atomic E-state index is -0.0787. The van der Waals surface area contributed by atoms with Crippen molar-refractivity contribution in [1.29, 1.82) is 0 Å². The van der Waals surface area contributed by atoms with Crippen LogP contribution in [0.5, 0.6) is 0 Å². The molecule has 1 N–H and O–H groups in total. The van der Waals surface area contributed by atoms with Crippen LogP contribution in [0.2, 0.25) is 0 Å². The largest absolute Gasteiger partial charge is 0.355 e. The highest BCUT2D eigenvalue weighted by Crippen LogP contribution is 2.44. The molecule has 9 rings (SSSR count). The van der Waals surface area contributed by atoms with Gasteiger partial charge in [-0.25, -0.2) is 0 Å². The van der Waals surface area contributed by atoms with Gasteiger partial charge in [-0.05, 0) is 132 Å². The lowest BCUT2D eigenvalue weighted by Gasteiger charge is -2.26. The molecule has 0 aromatic heterocycles. The van der Waals surface area contributed by atoms with Crippen molar-refractivity contribution >= 4 is 11.4 Å². The smallest absolute Gasteiger partial charge is 0.0543 e. The Kier molecular flexibility index (Phi) is 10.3. The summed E-state index contributed by atoms with van der Waals surface area (Å²) in [6.07, 6.45) is 0. The molecule has 0 saturated carbocycles. The Morgan fingerprint density at radius 2 is 0.576 bits per heavy atom. The minimum absolute atomic E-state index is 0.0787. The van der Waals surface area contributed by atoms with Gasteiger partial charge in [0, 0.05) is 16.8 Å². The Hall–Kier alpha value is -7.22. The lowest BCUT2D eigenvalue weighted by Crippen LogP contribution is -2.12. The molecule has 0 saturated heterocycles. The minimum Gasteiger partial charge on any atom is -0.355 e. The van der Waals surface area contributed by atoms with E-state index in [1.165, 1.54) is 83.5 Å². The van der Waals surface area contributed by atoms with Crippen LogP contribution in [-0.4, -0.2) is 0 Å². The highest BCUT2D eigenvalue weighted by Gasteiger charge is 2.22. The van der Waals surface area contributed by atoms with E-state index >= 15 is 0 Å². The van der Waals surface area contributed by atoms with Crippen LogP contribution in [0, 0.1) is 0 Å². The van der Waals surface area contributed by atoms with E-state index in [0.717, 1.165) is 11.4 Å². The van der Waals surface area contributed by atoms with Gasteiger partial charge in [-0.2, -0.15) is 0 Å². The zero-order chi connectivity index (χ0) is 40.2. The molecule has 0 fully saturated rings. The second kappa shape index (κ2) is 16.3. The van der Waals surface area contributed by atoms with Gasteiger partial charge in [0.05, 0.1) is 5.69 Å². The van der Waals surface area contributed by atoms with E-state index in [1.54, 1.807) is 0 Å². The second-order valence-electron chi connectivity index (χ2n) is 16.3. The van der Waals surface area contributed by atoms with E-state index in [1.807, 2.05) is 0 Å². The molecule has 0 atom stereocenters. The summed E-state index contributed by atoms with van der Waals surface area (Å²) in [5, 5.41) is 3.99. The number of hydrogen-bond donors (Lipinski definition) is 1. The average Bonchev–Trinajstić information content (AvgIpc) is 3.30. The van der Waals surface area contributed by atoms with Gasteiger partial charge in [0.1, 0.15) is 0 Å². The Bertz CT molecular complexity index is 2670. The first kappa shape index (κ1) is 37.4. The van der Waals surface area contributed by atoms with Crippen LogP contribution >= 0.6 is 0 Å². The van der Waals surface area contributed by atoms with Crippen LogP contribution in [0.1, 0.15) is 26.3 Å². The molecule has 0 aliphatic carbocycles. The fourth-order valence-electron chi connectivity index (χ4n) is 7.94. The number of benzene rings is 9. The molecular formula is C58H47N. The fourth-order valence-corrected chi connectivity index (χ4v) is 7.94. The molecule has 0 radical (unpaired) electrons. The van der Waals surface area contributed by atoms with Gasteiger partial charge < -0.3 is 5.32 Å². The van der Waals surface area contributed by atoms with Crippen molar-refractivity contribution in [3.8, 4) is 77.9 Å². The molecule has 9 aromatic rings. The molecule has 0 heterocycles. The van der Waals surface area contributed by atoms with Gasteiger partial charge in [0.25, 0.3) is 0 Å². The fraction of sp³-hybridized carbons (Fsp3) is 0.0690. The van der Waals surface area contributed by atoms with Crippen LogP contribution in [0.25, 0.3) is 77.9 Å². The van der Waals surface area contributed by atoms with Crippen molar-refractivity contribution in [1.82, 2.24) is 0 Å². The maximum Gasteiger partial charge on any atom is 0.0543 e. The molecule has 0 unspecified atom stereocenters. The van der Waals surface area contributed by atoms with Gasteiger partial charge in [-0.15, -0.1) is 0 Å². The number of anilines is 2. The van der Waals surface area contributed by atoms with Crippen molar-refractivity contribution < 1.29 is 0 Å². The predicted molar refractivity (Wildman–Crippen MR) is 253 cm³/mol. The monoisotopic (exact) mass is 757 g/mol. The molecule has 284 valence electrons. The topological polar surface area (TPSA) is 12.0 Å². The molecule has 9 aromatic carbocycles. The standard InChI is InChI=1S/C58H47N/c1-58(2,3)53-39-55(48-28-16-26-46(34-48)41-18-8-4-9-19-41)57(56(40-53)49-29-17-27-47(35-49)42-20-10-5-11-21-42)59-54-32-30-45(31-33-54)52-37-50(43-22-12-6-13-23-43)36-51(38-52)44-24-14-7-15-25-44/h4-40,59H,1-3H3. The van der Waals surface area contributed by atoms with E-state index in [9.17, 15) is 0 Å². The maximum atomic E-state index is 3.99. The van der Waals surface area contributed by atoms with Crippen LogP contribution < -0.4 is 5.32 Å². The van der Waals surface area contributed by atoms with Gasteiger partial charge in [0.15, 0.2) is 0 Å². The zero-order valence-electron chi connectivity index (χ0n) is 33.9. The summed E-state index contributed by atoms with van der Waals surface area (Å²) in [7, 11) is 0. The van der Waals surface area contributed by atoms with E-state index in [2.05, 4.69) is 251 Å². The molecule has 0 aliphatic heterocycles. The third-order valence-electron chi connectivity index (χ3n) is 11.2. The van der Waals surface area contributed by atoms with Gasteiger partial charge in [-0.1, -0.05) is 191 Å². The van der Waals surface area contributed by atoms with Crippen molar-refractivity contribution in [2.24, 2.45) is 0 Å². The highest BCUT2D eigenvalue weighted by atomic mass is 14.9. The van der Waals surface area contributed by atoms with Gasteiger partial charge in [-0.3, -0.25) is 0 Å². The van der Waals surface area contributed by atoms with Crippen molar-refractivity contribution in [2.75, 3.05) is 5.32 Å². The lowest BCUT2D eigenvalue weighted by molar-refractivity contribution is 0.591. The third kappa shape index (κ3) is 8.28. The van der Waals surface area contributed by atoms with E-state index in [-0.39, 0.29) is 5.41 Å².